The first-order chi connectivity index (χ1) is 17.7. The minimum Gasteiger partial charge on any atom is -0.496 e. The fourth-order valence-corrected chi connectivity index (χ4v) is 3.92. The van der Waals surface area contributed by atoms with Gasteiger partial charge in [-0.3, -0.25) is 4.98 Å². The van der Waals surface area contributed by atoms with Gasteiger partial charge in [-0.1, -0.05) is 11.6 Å². The number of rotatable bonds is 7. The van der Waals surface area contributed by atoms with Crippen LogP contribution < -0.4 is 20.1 Å². The first kappa shape index (κ1) is 25.8. The van der Waals surface area contributed by atoms with Crippen LogP contribution in [0.5, 0.6) is 11.6 Å². The Labute approximate surface area is 213 Å². The van der Waals surface area contributed by atoms with Crippen LogP contribution in [0.3, 0.4) is 0 Å². The van der Waals surface area contributed by atoms with Gasteiger partial charge in [0.1, 0.15) is 17.6 Å². The summed E-state index contributed by atoms with van der Waals surface area (Å²) in [5.41, 5.74) is -0.498. The van der Waals surface area contributed by atoms with E-state index in [1.54, 1.807) is 6.07 Å². The van der Waals surface area contributed by atoms with Gasteiger partial charge in [0.05, 0.1) is 47.1 Å². The molecule has 7 nitrogen and oxygen atoms in total. The largest absolute Gasteiger partial charge is 0.496 e. The maximum Gasteiger partial charge on any atom is 0.418 e. The lowest BCUT2D eigenvalue weighted by molar-refractivity contribution is -0.136. The topological polar surface area (TPSA) is 92.1 Å². The molecule has 0 amide bonds. The predicted octanol–water partition coefficient (Wildman–Crippen LogP) is 6.69. The van der Waals surface area contributed by atoms with Gasteiger partial charge in [0.2, 0.25) is 5.88 Å². The van der Waals surface area contributed by atoms with E-state index in [2.05, 4.69) is 20.6 Å². The van der Waals surface area contributed by atoms with Gasteiger partial charge < -0.3 is 20.1 Å². The molecule has 190 valence electrons. The molecule has 2 aromatic carbocycles. The third-order valence-corrected chi connectivity index (χ3v) is 5.73. The Morgan fingerprint density at radius 1 is 1.05 bits per heavy atom. The zero-order chi connectivity index (χ0) is 26.7. The highest BCUT2D eigenvalue weighted by molar-refractivity contribution is 6.31. The van der Waals surface area contributed by atoms with Crippen molar-refractivity contribution < 1.29 is 27.0 Å². The summed E-state index contributed by atoms with van der Waals surface area (Å²) in [5.74, 6) is 0.00670. The molecule has 0 radical (unpaired) electrons. The SMILES string of the molecule is COc1ccnc(OC)c1CNc1cc(C(F)(F)F)c2ncc(C#N)c(Nc3ccc(F)c(Cl)c3)c2c1. The number of pyridine rings is 2. The molecule has 0 unspecified atom stereocenters. The standard InChI is InChI=1S/C25H18ClF4N5O2/c1-36-21-5-6-32-24(37-2)17(21)12-33-15-7-16-22(35-14-3-4-20(27)19(26)9-14)13(10-31)11-34-23(16)18(8-15)25(28,29)30/h3-9,11,33H,12H2,1-2H3,(H,34,35). The number of ether oxygens (including phenoxy) is 2. The van der Waals surface area contributed by atoms with Crippen molar-refractivity contribution >= 4 is 39.6 Å². The van der Waals surface area contributed by atoms with Crippen LogP contribution in [0, 0.1) is 17.1 Å². The first-order valence-corrected chi connectivity index (χ1v) is 11.0. The molecule has 0 bridgehead atoms. The van der Waals surface area contributed by atoms with E-state index < -0.39 is 17.6 Å². The number of fused-ring (bicyclic) bond motifs is 1. The summed E-state index contributed by atoms with van der Waals surface area (Å²) in [4.78, 5) is 8.03. The Hall–Kier alpha value is -4.30. The van der Waals surface area contributed by atoms with Crippen LogP contribution in [-0.4, -0.2) is 24.2 Å². The summed E-state index contributed by atoms with van der Waals surface area (Å²) in [5, 5.41) is 15.3. The molecule has 0 aliphatic rings. The molecule has 37 heavy (non-hydrogen) atoms. The van der Waals surface area contributed by atoms with Crippen molar-refractivity contribution in [3.05, 3.63) is 76.3 Å². The molecule has 0 atom stereocenters. The molecular weight excluding hydrogens is 514 g/mol. The number of nitrogens with zero attached hydrogens (tertiary/aromatic N) is 3. The van der Waals surface area contributed by atoms with E-state index in [-0.39, 0.29) is 51.0 Å². The molecule has 4 rings (SSSR count). The molecule has 0 fully saturated rings. The van der Waals surface area contributed by atoms with Gasteiger partial charge >= 0.3 is 6.18 Å². The highest BCUT2D eigenvalue weighted by atomic mass is 35.5. The second kappa shape index (κ2) is 10.4. The number of methoxy groups -OCH3 is 2. The predicted molar refractivity (Wildman–Crippen MR) is 131 cm³/mol. The number of anilines is 3. The summed E-state index contributed by atoms with van der Waals surface area (Å²) in [6.45, 7) is 0.0185. The van der Waals surface area contributed by atoms with E-state index in [9.17, 15) is 22.8 Å². The average Bonchev–Trinajstić information content (AvgIpc) is 2.88. The van der Waals surface area contributed by atoms with Crippen molar-refractivity contribution in [1.29, 1.82) is 5.26 Å². The molecule has 2 aromatic heterocycles. The third kappa shape index (κ3) is 5.29. The molecule has 2 N–H and O–H groups in total. The van der Waals surface area contributed by atoms with Gasteiger partial charge in [0.25, 0.3) is 0 Å². The van der Waals surface area contributed by atoms with Gasteiger partial charge in [-0.15, -0.1) is 0 Å². The zero-order valence-electron chi connectivity index (χ0n) is 19.4. The lowest BCUT2D eigenvalue weighted by Gasteiger charge is -2.18. The van der Waals surface area contributed by atoms with E-state index in [0.717, 1.165) is 18.3 Å². The van der Waals surface area contributed by atoms with Gasteiger partial charge in [0.15, 0.2) is 0 Å². The Kier molecular flexibility index (Phi) is 7.22. The van der Waals surface area contributed by atoms with Gasteiger partial charge in [0, 0.05) is 35.7 Å². The van der Waals surface area contributed by atoms with E-state index >= 15 is 0 Å². The number of nitriles is 1. The van der Waals surface area contributed by atoms with Crippen LogP contribution in [0.15, 0.2) is 48.8 Å². The normalized spacial score (nSPS) is 11.2. The number of alkyl halides is 3. The minimum absolute atomic E-state index is 0.0157. The Morgan fingerprint density at radius 3 is 2.49 bits per heavy atom. The highest BCUT2D eigenvalue weighted by Gasteiger charge is 2.34. The van der Waals surface area contributed by atoms with Crippen LogP contribution in [0.25, 0.3) is 10.9 Å². The molecule has 0 saturated carbocycles. The monoisotopic (exact) mass is 531 g/mol. The fourth-order valence-electron chi connectivity index (χ4n) is 3.74. The van der Waals surface area contributed by atoms with Gasteiger partial charge in [-0.05, 0) is 36.4 Å². The molecule has 0 aliphatic carbocycles. The van der Waals surface area contributed by atoms with Crippen molar-refractivity contribution in [2.24, 2.45) is 0 Å². The second-order valence-electron chi connectivity index (χ2n) is 7.68. The summed E-state index contributed by atoms with van der Waals surface area (Å²) in [6.07, 6.45) is -2.23. The third-order valence-electron chi connectivity index (χ3n) is 5.44. The summed E-state index contributed by atoms with van der Waals surface area (Å²) in [7, 11) is 2.86. The molecular formula is C25H18ClF4N5O2. The maximum atomic E-state index is 14.1. The van der Waals surface area contributed by atoms with Crippen molar-refractivity contribution in [2.75, 3.05) is 24.9 Å². The second-order valence-corrected chi connectivity index (χ2v) is 8.09. The van der Waals surface area contributed by atoms with E-state index in [1.807, 2.05) is 6.07 Å². The lowest BCUT2D eigenvalue weighted by atomic mass is 10.0. The molecule has 0 saturated heterocycles. The fraction of sp³-hybridized carbons (Fsp3) is 0.160. The van der Waals surface area contributed by atoms with E-state index in [1.165, 1.54) is 38.6 Å². The van der Waals surface area contributed by atoms with Crippen LogP contribution in [0.2, 0.25) is 5.02 Å². The summed E-state index contributed by atoms with van der Waals surface area (Å²) < 4.78 is 66.4. The Morgan fingerprint density at radius 2 is 1.84 bits per heavy atom. The first-order valence-electron chi connectivity index (χ1n) is 10.6. The van der Waals surface area contributed by atoms with Gasteiger partial charge in [-0.2, -0.15) is 18.4 Å². The number of benzene rings is 2. The Bertz CT molecular complexity index is 1500. The smallest absolute Gasteiger partial charge is 0.418 e. The number of halogens is 5. The molecule has 12 heteroatoms. The van der Waals surface area contributed by atoms with E-state index in [4.69, 9.17) is 21.1 Å². The lowest BCUT2D eigenvalue weighted by Crippen LogP contribution is -2.10. The van der Waals surface area contributed by atoms with E-state index in [0.29, 0.717) is 11.3 Å². The number of hydrogen-bond acceptors (Lipinski definition) is 7. The molecule has 4 aromatic rings. The number of hydrogen-bond donors (Lipinski definition) is 2. The highest BCUT2D eigenvalue weighted by Crippen LogP contribution is 2.40. The summed E-state index contributed by atoms with van der Waals surface area (Å²) >= 11 is 5.85. The number of nitrogens with one attached hydrogen (secondary N) is 2. The van der Waals surface area contributed by atoms with Crippen molar-refractivity contribution in [1.82, 2.24) is 9.97 Å². The van der Waals surface area contributed by atoms with Crippen LogP contribution in [0.1, 0.15) is 16.7 Å². The van der Waals surface area contributed by atoms with Crippen LogP contribution in [-0.2, 0) is 12.7 Å². The van der Waals surface area contributed by atoms with Crippen molar-refractivity contribution in [2.45, 2.75) is 12.7 Å². The van der Waals surface area contributed by atoms with Crippen molar-refractivity contribution in [3.8, 4) is 17.7 Å². The average molecular weight is 532 g/mol. The zero-order valence-corrected chi connectivity index (χ0v) is 20.1. The quantitative estimate of drug-likeness (QED) is 0.257. The molecule has 2 heterocycles. The van der Waals surface area contributed by atoms with Crippen LogP contribution in [0.4, 0.5) is 34.6 Å². The molecule has 0 spiro atoms. The maximum absolute atomic E-state index is 14.1. The minimum atomic E-state index is -4.75. The Balaban J connectivity index is 1.86. The van der Waals surface area contributed by atoms with Gasteiger partial charge in [-0.25, -0.2) is 9.37 Å². The van der Waals surface area contributed by atoms with Crippen LogP contribution >= 0.6 is 11.6 Å². The molecule has 0 aliphatic heterocycles. The number of aromatic nitrogens is 2. The summed E-state index contributed by atoms with van der Waals surface area (Å²) in [6, 6.07) is 9.59. The van der Waals surface area contributed by atoms with Crippen molar-refractivity contribution in [3.63, 3.8) is 0 Å².